The van der Waals surface area contributed by atoms with Crippen LogP contribution in [0.1, 0.15) is 10.4 Å². The summed E-state index contributed by atoms with van der Waals surface area (Å²) in [5.41, 5.74) is -0.635. The number of carboxylic acid groups (broad SMARTS) is 1. The molecule has 0 aliphatic heterocycles. The van der Waals surface area contributed by atoms with Gasteiger partial charge in [0.2, 0.25) is 5.43 Å². The van der Waals surface area contributed by atoms with Crippen molar-refractivity contribution in [3.8, 4) is 5.75 Å². The van der Waals surface area contributed by atoms with Gasteiger partial charge in [0.05, 0.1) is 12.5 Å². The molecule has 0 saturated heterocycles. The normalized spacial score (nSPS) is 10.3. The Morgan fingerprint density at radius 2 is 2.19 bits per heavy atom. The van der Waals surface area contributed by atoms with Crippen molar-refractivity contribution in [3.63, 3.8) is 0 Å². The minimum Gasteiger partial charge on any atom is -0.497 e. The van der Waals surface area contributed by atoms with E-state index in [-0.39, 0.29) is 10.9 Å². The van der Waals surface area contributed by atoms with Crippen molar-refractivity contribution in [2.45, 2.75) is 0 Å². The number of rotatable bonds is 2. The summed E-state index contributed by atoms with van der Waals surface area (Å²) >= 11 is 0. The van der Waals surface area contributed by atoms with Crippen LogP contribution in [-0.4, -0.2) is 18.2 Å². The van der Waals surface area contributed by atoms with E-state index in [9.17, 15) is 9.59 Å². The first-order valence-corrected chi connectivity index (χ1v) is 4.46. The molecular formula is C11H8O5. The predicted molar refractivity (Wildman–Crippen MR) is 56.0 cm³/mol. The fraction of sp³-hybridized carbons (Fsp3) is 0.0909. The highest BCUT2D eigenvalue weighted by molar-refractivity contribution is 5.91. The molecule has 0 spiro atoms. The molecular weight excluding hydrogens is 212 g/mol. The monoisotopic (exact) mass is 220 g/mol. The minimum atomic E-state index is -1.31. The van der Waals surface area contributed by atoms with Crippen LogP contribution in [0.15, 0.2) is 33.7 Å². The number of methoxy groups -OCH3 is 1. The number of fused-ring (bicyclic) bond motifs is 1. The van der Waals surface area contributed by atoms with E-state index in [0.29, 0.717) is 11.3 Å². The van der Waals surface area contributed by atoms with E-state index in [4.69, 9.17) is 14.3 Å². The molecule has 5 nitrogen and oxygen atoms in total. The van der Waals surface area contributed by atoms with Crippen molar-refractivity contribution < 1.29 is 19.1 Å². The number of hydrogen-bond acceptors (Lipinski definition) is 4. The summed E-state index contributed by atoms with van der Waals surface area (Å²) in [6.07, 6.45) is 0.944. The molecule has 0 unspecified atom stereocenters. The summed E-state index contributed by atoms with van der Waals surface area (Å²) in [6.45, 7) is 0. The highest BCUT2D eigenvalue weighted by Gasteiger charge is 2.13. The van der Waals surface area contributed by atoms with Crippen LogP contribution >= 0.6 is 0 Å². The first-order chi connectivity index (χ1) is 7.63. The average molecular weight is 220 g/mol. The van der Waals surface area contributed by atoms with Crippen LogP contribution in [0.2, 0.25) is 0 Å². The Labute approximate surface area is 89.9 Å². The van der Waals surface area contributed by atoms with E-state index in [1.165, 1.54) is 13.2 Å². The number of benzene rings is 1. The van der Waals surface area contributed by atoms with E-state index in [1.807, 2.05) is 0 Å². The third kappa shape index (κ3) is 1.52. The first-order valence-electron chi connectivity index (χ1n) is 4.46. The Morgan fingerprint density at radius 3 is 2.81 bits per heavy atom. The van der Waals surface area contributed by atoms with Gasteiger partial charge in [-0.3, -0.25) is 4.79 Å². The molecule has 1 heterocycles. The number of hydrogen-bond donors (Lipinski definition) is 1. The van der Waals surface area contributed by atoms with Gasteiger partial charge in [0.1, 0.15) is 23.2 Å². The number of aromatic carboxylic acids is 1. The van der Waals surface area contributed by atoms with E-state index >= 15 is 0 Å². The molecule has 2 rings (SSSR count). The summed E-state index contributed by atoms with van der Waals surface area (Å²) in [4.78, 5) is 22.5. The second kappa shape index (κ2) is 3.69. The Morgan fingerprint density at radius 1 is 1.44 bits per heavy atom. The molecule has 0 atom stereocenters. The zero-order chi connectivity index (χ0) is 11.7. The summed E-state index contributed by atoms with van der Waals surface area (Å²) in [7, 11) is 1.46. The minimum absolute atomic E-state index is 0.194. The second-order valence-electron chi connectivity index (χ2n) is 3.15. The van der Waals surface area contributed by atoms with Gasteiger partial charge >= 0.3 is 5.97 Å². The number of carboxylic acids is 1. The van der Waals surface area contributed by atoms with Gasteiger partial charge in [0, 0.05) is 0 Å². The van der Waals surface area contributed by atoms with Crippen LogP contribution in [0.3, 0.4) is 0 Å². The Balaban J connectivity index is 2.81. The molecule has 1 aromatic carbocycles. The third-order valence-electron chi connectivity index (χ3n) is 2.21. The lowest BCUT2D eigenvalue weighted by atomic mass is 10.1. The van der Waals surface area contributed by atoms with Crippen molar-refractivity contribution in [1.82, 2.24) is 0 Å². The molecule has 0 bridgehead atoms. The molecule has 0 saturated carbocycles. The average Bonchev–Trinajstić information content (AvgIpc) is 2.28. The summed E-state index contributed by atoms with van der Waals surface area (Å²) in [6, 6.07) is 4.64. The fourth-order valence-corrected chi connectivity index (χ4v) is 1.38. The van der Waals surface area contributed by atoms with Crippen LogP contribution in [0.4, 0.5) is 0 Å². The van der Waals surface area contributed by atoms with Crippen molar-refractivity contribution in [2.24, 2.45) is 0 Å². The van der Waals surface area contributed by atoms with Crippen molar-refractivity contribution in [3.05, 3.63) is 40.2 Å². The standard InChI is InChI=1S/C11H8O5/c1-15-6-2-3-9-7(4-6)10(12)8(5-16-9)11(13)14/h2-5H,1H3,(H,13,14). The van der Waals surface area contributed by atoms with Gasteiger partial charge in [-0.25, -0.2) is 4.79 Å². The van der Waals surface area contributed by atoms with Gasteiger partial charge in [-0.2, -0.15) is 0 Å². The van der Waals surface area contributed by atoms with E-state index in [0.717, 1.165) is 6.26 Å². The fourth-order valence-electron chi connectivity index (χ4n) is 1.38. The Hall–Kier alpha value is -2.30. The van der Waals surface area contributed by atoms with E-state index < -0.39 is 11.4 Å². The number of ether oxygens (including phenoxy) is 1. The zero-order valence-electron chi connectivity index (χ0n) is 8.39. The quantitative estimate of drug-likeness (QED) is 0.829. The molecule has 0 aliphatic carbocycles. The third-order valence-corrected chi connectivity index (χ3v) is 2.21. The highest BCUT2D eigenvalue weighted by atomic mass is 16.5. The smallest absolute Gasteiger partial charge is 0.342 e. The van der Waals surface area contributed by atoms with Gasteiger partial charge < -0.3 is 14.3 Å². The SMILES string of the molecule is COc1ccc2occ(C(=O)O)c(=O)c2c1. The molecule has 0 amide bonds. The summed E-state index contributed by atoms with van der Waals surface area (Å²) in [5.74, 6) is -0.833. The molecule has 1 aromatic heterocycles. The van der Waals surface area contributed by atoms with Crippen LogP contribution in [0.25, 0.3) is 11.0 Å². The molecule has 5 heteroatoms. The maximum absolute atomic E-state index is 11.7. The molecule has 0 fully saturated rings. The van der Waals surface area contributed by atoms with Gasteiger partial charge in [-0.05, 0) is 18.2 Å². The Bertz CT molecular complexity index is 611. The lowest BCUT2D eigenvalue weighted by molar-refractivity contribution is 0.0693. The summed E-state index contributed by atoms with van der Waals surface area (Å²) < 4.78 is 10.00. The summed E-state index contributed by atoms with van der Waals surface area (Å²) in [5, 5.41) is 8.95. The van der Waals surface area contributed by atoms with Crippen molar-refractivity contribution >= 4 is 16.9 Å². The largest absolute Gasteiger partial charge is 0.497 e. The molecule has 0 radical (unpaired) electrons. The molecule has 0 aliphatic rings. The molecule has 1 N–H and O–H groups in total. The maximum atomic E-state index is 11.7. The molecule has 16 heavy (non-hydrogen) atoms. The highest BCUT2D eigenvalue weighted by Crippen LogP contribution is 2.18. The van der Waals surface area contributed by atoms with Crippen LogP contribution in [0, 0.1) is 0 Å². The van der Waals surface area contributed by atoms with Gasteiger partial charge in [0.25, 0.3) is 0 Å². The van der Waals surface area contributed by atoms with Gasteiger partial charge in [-0.1, -0.05) is 0 Å². The Kier molecular flexibility index (Phi) is 2.36. The first kappa shape index (κ1) is 10.2. The molecule has 2 aromatic rings. The lowest BCUT2D eigenvalue weighted by Crippen LogP contribution is -2.14. The topological polar surface area (TPSA) is 76.7 Å². The van der Waals surface area contributed by atoms with Crippen LogP contribution in [-0.2, 0) is 0 Å². The van der Waals surface area contributed by atoms with Gasteiger partial charge in [0.15, 0.2) is 0 Å². The number of carbonyl (C=O) groups is 1. The van der Waals surface area contributed by atoms with Crippen LogP contribution < -0.4 is 10.2 Å². The zero-order valence-corrected chi connectivity index (χ0v) is 8.39. The van der Waals surface area contributed by atoms with E-state index in [1.54, 1.807) is 12.1 Å². The lowest BCUT2D eigenvalue weighted by Gasteiger charge is -2.01. The predicted octanol–water partition coefficient (Wildman–Crippen LogP) is 1.50. The van der Waals surface area contributed by atoms with Crippen molar-refractivity contribution in [2.75, 3.05) is 7.11 Å². The maximum Gasteiger partial charge on any atom is 0.342 e. The van der Waals surface area contributed by atoms with Crippen LogP contribution in [0.5, 0.6) is 5.75 Å². The molecule has 82 valence electrons. The van der Waals surface area contributed by atoms with Gasteiger partial charge in [-0.15, -0.1) is 0 Å². The van der Waals surface area contributed by atoms with Crippen molar-refractivity contribution in [1.29, 1.82) is 0 Å². The second-order valence-corrected chi connectivity index (χ2v) is 3.15. The van der Waals surface area contributed by atoms with E-state index in [2.05, 4.69) is 0 Å².